The number of phenolic OH excluding ortho intramolecular Hbond substituents is 1. The van der Waals surface area contributed by atoms with Crippen LogP contribution in [0, 0.1) is 0 Å². The van der Waals surface area contributed by atoms with Gasteiger partial charge >= 0.3 is 12.0 Å². The molecule has 0 heterocycles. The molecule has 1 fully saturated rings. The van der Waals surface area contributed by atoms with Crippen molar-refractivity contribution in [3.8, 4) is 5.75 Å². The van der Waals surface area contributed by atoms with Gasteiger partial charge < -0.3 is 20.4 Å². The summed E-state index contributed by atoms with van der Waals surface area (Å²) in [6.45, 7) is 2.45. The fourth-order valence-electron chi connectivity index (χ4n) is 2.25. The molecule has 2 amide bonds. The van der Waals surface area contributed by atoms with Crippen LogP contribution in [0.25, 0.3) is 0 Å². The van der Waals surface area contributed by atoms with Crippen LogP contribution >= 0.6 is 0 Å². The molecule has 0 aromatic heterocycles. The molecule has 114 valence electrons. The molecule has 0 aliphatic heterocycles. The van der Waals surface area contributed by atoms with Crippen LogP contribution in [-0.2, 0) is 11.2 Å². The van der Waals surface area contributed by atoms with Gasteiger partial charge in [-0.2, -0.15) is 0 Å². The normalized spacial score (nSPS) is 15.3. The van der Waals surface area contributed by atoms with E-state index in [0.717, 1.165) is 18.4 Å². The lowest BCUT2D eigenvalue weighted by molar-refractivity contribution is -0.139. The van der Waals surface area contributed by atoms with Gasteiger partial charge in [0.25, 0.3) is 0 Å². The lowest BCUT2D eigenvalue weighted by Gasteiger charge is -2.23. The first-order valence-corrected chi connectivity index (χ1v) is 7.09. The molecule has 1 aromatic carbocycles. The number of benzene rings is 1. The third-order valence-electron chi connectivity index (χ3n) is 3.56. The van der Waals surface area contributed by atoms with Crippen molar-refractivity contribution in [3.05, 3.63) is 29.8 Å². The third kappa shape index (κ3) is 4.11. The number of carbonyl (C=O) groups excluding carboxylic acids is 1. The number of carbonyl (C=O) groups is 2. The molecule has 1 aromatic rings. The first kappa shape index (κ1) is 15.2. The molecular weight excluding hydrogens is 272 g/mol. The largest absolute Gasteiger partial charge is 0.508 e. The molecule has 0 saturated heterocycles. The van der Waals surface area contributed by atoms with Crippen molar-refractivity contribution >= 4 is 12.0 Å². The van der Waals surface area contributed by atoms with Crippen LogP contribution in [-0.4, -0.2) is 45.7 Å². The minimum atomic E-state index is -1.07. The number of aliphatic carboxylic acids is 1. The van der Waals surface area contributed by atoms with Crippen molar-refractivity contribution in [3.63, 3.8) is 0 Å². The average molecular weight is 292 g/mol. The van der Waals surface area contributed by atoms with Gasteiger partial charge in [0, 0.05) is 19.0 Å². The Morgan fingerprint density at radius 2 is 1.95 bits per heavy atom. The minimum absolute atomic E-state index is 0.126. The molecule has 21 heavy (non-hydrogen) atoms. The smallest absolute Gasteiger partial charge is 0.326 e. The molecule has 0 spiro atoms. The molecular formula is C15H20N2O4. The van der Waals surface area contributed by atoms with Crippen molar-refractivity contribution in [1.29, 1.82) is 0 Å². The van der Waals surface area contributed by atoms with Crippen LogP contribution in [0.4, 0.5) is 4.79 Å². The predicted octanol–water partition coefficient (Wildman–Crippen LogP) is 1.58. The van der Waals surface area contributed by atoms with E-state index in [1.165, 1.54) is 12.1 Å². The van der Waals surface area contributed by atoms with Crippen LogP contribution in [0.5, 0.6) is 5.75 Å². The second kappa shape index (κ2) is 6.47. The summed E-state index contributed by atoms with van der Waals surface area (Å²) >= 11 is 0. The monoisotopic (exact) mass is 292 g/mol. The van der Waals surface area contributed by atoms with Crippen LogP contribution in [0.3, 0.4) is 0 Å². The van der Waals surface area contributed by atoms with Crippen LogP contribution in [0.2, 0.25) is 0 Å². The van der Waals surface area contributed by atoms with E-state index in [1.807, 2.05) is 6.92 Å². The number of phenols is 1. The van der Waals surface area contributed by atoms with Gasteiger partial charge in [0.05, 0.1) is 0 Å². The molecule has 3 N–H and O–H groups in total. The van der Waals surface area contributed by atoms with Crippen molar-refractivity contribution in [2.24, 2.45) is 0 Å². The highest BCUT2D eigenvalue weighted by atomic mass is 16.4. The summed E-state index contributed by atoms with van der Waals surface area (Å²) < 4.78 is 0. The summed E-state index contributed by atoms with van der Waals surface area (Å²) in [7, 11) is 0. The molecule has 1 aliphatic rings. The summed E-state index contributed by atoms with van der Waals surface area (Å²) in [5.74, 6) is -0.941. The molecule has 1 saturated carbocycles. The van der Waals surface area contributed by atoms with Crippen LogP contribution < -0.4 is 5.32 Å². The van der Waals surface area contributed by atoms with Gasteiger partial charge in [-0.1, -0.05) is 12.1 Å². The van der Waals surface area contributed by atoms with Gasteiger partial charge in [-0.3, -0.25) is 0 Å². The molecule has 6 heteroatoms. The maximum atomic E-state index is 12.1. The van der Waals surface area contributed by atoms with Crippen molar-refractivity contribution in [1.82, 2.24) is 10.2 Å². The number of hydrogen-bond donors (Lipinski definition) is 3. The highest BCUT2D eigenvalue weighted by molar-refractivity contribution is 5.83. The standard InChI is InChI=1S/C15H20N2O4/c1-2-17(11-5-6-11)15(21)16-13(14(19)20)9-10-3-7-12(18)8-4-10/h3-4,7-8,11,13,18H,2,5-6,9H2,1H3,(H,16,21)(H,19,20). The van der Waals surface area contributed by atoms with Gasteiger partial charge in [-0.05, 0) is 37.5 Å². The highest BCUT2D eigenvalue weighted by Crippen LogP contribution is 2.26. The molecule has 2 rings (SSSR count). The quantitative estimate of drug-likeness (QED) is 0.742. The lowest BCUT2D eigenvalue weighted by Crippen LogP contribution is -2.49. The minimum Gasteiger partial charge on any atom is -0.508 e. The van der Waals surface area contributed by atoms with Gasteiger partial charge in [0.1, 0.15) is 11.8 Å². The Morgan fingerprint density at radius 3 is 2.43 bits per heavy atom. The number of rotatable bonds is 6. The van der Waals surface area contributed by atoms with E-state index in [2.05, 4.69) is 5.32 Å². The Labute approximate surface area is 123 Å². The van der Waals surface area contributed by atoms with Gasteiger partial charge in [-0.25, -0.2) is 9.59 Å². The average Bonchev–Trinajstić information content (AvgIpc) is 3.26. The maximum absolute atomic E-state index is 12.1. The fourth-order valence-corrected chi connectivity index (χ4v) is 2.25. The second-order valence-electron chi connectivity index (χ2n) is 5.23. The van der Waals surface area contributed by atoms with Gasteiger partial charge in [0.15, 0.2) is 0 Å². The predicted molar refractivity (Wildman–Crippen MR) is 77.2 cm³/mol. The number of urea groups is 1. The van der Waals surface area contributed by atoms with Crippen molar-refractivity contribution < 1.29 is 19.8 Å². The van der Waals surface area contributed by atoms with Gasteiger partial charge in [-0.15, -0.1) is 0 Å². The summed E-state index contributed by atoms with van der Waals surface area (Å²) in [4.78, 5) is 25.1. The Kier molecular flexibility index (Phi) is 4.67. The third-order valence-corrected chi connectivity index (χ3v) is 3.56. The topological polar surface area (TPSA) is 89.9 Å². The number of carboxylic acid groups (broad SMARTS) is 1. The Morgan fingerprint density at radius 1 is 1.33 bits per heavy atom. The fraction of sp³-hybridized carbons (Fsp3) is 0.467. The number of hydrogen-bond acceptors (Lipinski definition) is 3. The Balaban J connectivity index is 1.99. The van der Waals surface area contributed by atoms with E-state index >= 15 is 0 Å². The Hall–Kier alpha value is -2.24. The summed E-state index contributed by atoms with van der Waals surface area (Å²) in [6.07, 6.45) is 2.15. The zero-order valence-electron chi connectivity index (χ0n) is 12.0. The SMILES string of the molecule is CCN(C(=O)NC(Cc1ccc(O)cc1)C(=O)O)C1CC1. The van der Waals surface area contributed by atoms with E-state index in [1.54, 1.807) is 17.0 Å². The number of nitrogens with one attached hydrogen (secondary N) is 1. The molecule has 1 atom stereocenters. The van der Waals surface area contributed by atoms with Crippen molar-refractivity contribution in [2.75, 3.05) is 6.54 Å². The lowest BCUT2D eigenvalue weighted by atomic mass is 10.1. The molecule has 1 aliphatic carbocycles. The zero-order valence-corrected chi connectivity index (χ0v) is 12.0. The molecule has 6 nitrogen and oxygen atoms in total. The second-order valence-corrected chi connectivity index (χ2v) is 5.23. The Bertz CT molecular complexity index is 511. The van der Waals surface area contributed by atoms with E-state index < -0.39 is 12.0 Å². The van der Waals surface area contributed by atoms with E-state index in [9.17, 15) is 19.8 Å². The number of amides is 2. The summed E-state index contributed by atoms with van der Waals surface area (Å²) in [6, 6.07) is 5.24. The van der Waals surface area contributed by atoms with Crippen molar-refractivity contribution in [2.45, 2.75) is 38.3 Å². The summed E-state index contributed by atoms with van der Waals surface area (Å²) in [5, 5.41) is 21.1. The molecule has 1 unspecified atom stereocenters. The molecule has 0 radical (unpaired) electrons. The van der Waals surface area contributed by atoms with E-state index in [-0.39, 0.29) is 24.2 Å². The zero-order chi connectivity index (χ0) is 15.4. The first-order valence-electron chi connectivity index (χ1n) is 7.09. The van der Waals surface area contributed by atoms with Crippen LogP contribution in [0.15, 0.2) is 24.3 Å². The number of nitrogens with zero attached hydrogens (tertiary/aromatic N) is 1. The molecule has 0 bridgehead atoms. The van der Waals surface area contributed by atoms with E-state index in [0.29, 0.717) is 6.54 Å². The van der Waals surface area contributed by atoms with Crippen LogP contribution in [0.1, 0.15) is 25.3 Å². The first-order chi connectivity index (χ1) is 10.0. The highest BCUT2D eigenvalue weighted by Gasteiger charge is 2.33. The number of aromatic hydroxyl groups is 1. The summed E-state index contributed by atoms with van der Waals surface area (Å²) in [5.41, 5.74) is 0.745. The number of carboxylic acids is 1. The maximum Gasteiger partial charge on any atom is 0.326 e. The van der Waals surface area contributed by atoms with Gasteiger partial charge in [0.2, 0.25) is 0 Å². The van der Waals surface area contributed by atoms with E-state index in [4.69, 9.17) is 0 Å².